The molecule has 34 heavy (non-hydrogen) atoms. The Morgan fingerprint density at radius 1 is 0.912 bits per heavy atom. The van der Waals surface area contributed by atoms with Gasteiger partial charge in [-0.1, -0.05) is 12.1 Å². The lowest BCUT2D eigenvalue weighted by molar-refractivity contribution is -0.114. The van der Waals surface area contributed by atoms with Gasteiger partial charge in [0.15, 0.2) is 0 Å². The molecule has 0 radical (unpaired) electrons. The van der Waals surface area contributed by atoms with Crippen molar-refractivity contribution in [2.24, 2.45) is 0 Å². The van der Waals surface area contributed by atoms with Gasteiger partial charge in [0.2, 0.25) is 21.9 Å². The first kappa shape index (κ1) is 25.1. The molecule has 0 spiro atoms. The van der Waals surface area contributed by atoms with Crippen LogP contribution in [-0.4, -0.2) is 45.5 Å². The Labute approximate surface area is 199 Å². The number of nitrogens with one attached hydrogen (secondary N) is 2. The lowest BCUT2D eigenvalue weighted by atomic mass is 10.2. The van der Waals surface area contributed by atoms with Crippen LogP contribution in [-0.2, 0) is 24.8 Å². The van der Waals surface area contributed by atoms with Gasteiger partial charge in [-0.2, -0.15) is 0 Å². The van der Waals surface area contributed by atoms with Gasteiger partial charge in [0.05, 0.1) is 16.8 Å². The van der Waals surface area contributed by atoms with Crippen LogP contribution in [0.4, 0.5) is 17.3 Å². The standard InChI is InChI=1S/C22H25N5O5S2/c1-15-6-5-7-19(12-15)27(33(4,29)30)14-21(28)25-18-8-10-20(11-9-18)34(31,32)26-22-23-16(2)13-17(3)24-22/h5-13H,14H2,1-4H3,(H,25,28)(H,23,24,26). The molecule has 0 aliphatic heterocycles. The molecule has 0 atom stereocenters. The van der Waals surface area contributed by atoms with E-state index in [1.807, 2.05) is 13.0 Å². The number of hydrogen-bond acceptors (Lipinski definition) is 7. The van der Waals surface area contributed by atoms with E-state index in [0.29, 0.717) is 22.8 Å². The Morgan fingerprint density at radius 3 is 2.09 bits per heavy atom. The molecule has 0 saturated heterocycles. The number of carbonyl (C=O) groups is 1. The molecular weight excluding hydrogens is 478 g/mol. The molecule has 0 saturated carbocycles. The minimum atomic E-state index is -3.95. The third kappa shape index (κ3) is 6.51. The lowest BCUT2D eigenvalue weighted by Gasteiger charge is -2.22. The predicted octanol–water partition coefficient (Wildman–Crippen LogP) is 2.61. The summed E-state index contributed by atoms with van der Waals surface area (Å²) in [5.41, 5.74) is 2.78. The summed E-state index contributed by atoms with van der Waals surface area (Å²) < 4.78 is 53.1. The summed E-state index contributed by atoms with van der Waals surface area (Å²) in [6, 6.07) is 14.0. The molecule has 3 rings (SSSR count). The van der Waals surface area contributed by atoms with Crippen molar-refractivity contribution < 1.29 is 21.6 Å². The summed E-state index contributed by atoms with van der Waals surface area (Å²) in [5, 5.41) is 2.59. The summed E-state index contributed by atoms with van der Waals surface area (Å²) in [5.74, 6) is -0.615. The minimum Gasteiger partial charge on any atom is -0.325 e. The van der Waals surface area contributed by atoms with Crippen LogP contribution in [0.5, 0.6) is 0 Å². The Morgan fingerprint density at radius 2 is 1.53 bits per heavy atom. The number of carbonyl (C=O) groups excluding carboxylic acids is 1. The highest BCUT2D eigenvalue weighted by Crippen LogP contribution is 2.20. The Hall–Kier alpha value is -3.51. The van der Waals surface area contributed by atoms with E-state index in [1.54, 1.807) is 38.1 Å². The third-order valence-corrected chi connectivity index (χ3v) is 7.12. The molecule has 0 bridgehead atoms. The van der Waals surface area contributed by atoms with E-state index in [9.17, 15) is 21.6 Å². The highest BCUT2D eigenvalue weighted by Gasteiger charge is 2.21. The molecule has 0 unspecified atom stereocenters. The van der Waals surface area contributed by atoms with Crippen molar-refractivity contribution >= 4 is 43.3 Å². The molecule has 10 nitrogen and oxygen atoms in total. The van der Waals surface area contributed by atoms with Crippen LogP contribution >= 0.6 is 0 Å². The fraction of sp³-hybridized carbons (Fsp3) is 0.227. The van der Waals surface area contributed by atoms with Gasteiger partial charge in [-0.25, -0.2) is 31.5 Å². The highest BCUT2D eigenvalue weighted by atomic mass is 32.2. The number of aryl methyl sites for hydroxylation is 3. The van der Waals surface area contributed by atoms with Crippen LogP contribution in [0, 0.1) is 20.8 Å². The monoisotopic (exact) mass is 503 g/mol. The number of rotatable bonds is 8. The van der Waals surface area contributed by atoms with Gasteiger partial charge in [-0.3, -0.25) is 9.10 Å². The quantitative estimate of drug-likeness (QED) is 0.482. The highest BCUT2D eigenvalue weighted by molar-refractivity contribution is 7.92. The zero-order valence-corrected chi connectivity index (χ0v) is 20.7. The average molecular weight is 504 g/mol. The molecular formula is C22H25N5O5S2. The molecule has 0 aliphatic rings. The van der Waals surface area contributed by atoms with Crippen LogP contribution in [0.15, 0.2) is 59.5 Å². The second-order valence-electron chi connectivity index (χ2n) is 7.76. The Balaban J connectivity index is 1.72. The van der Waals surface area contributed by atoms with E-state index in [1.165, 1.54) is 24.3 Å². The average Bonchev–Trinajstić information content (AvgIpc) is 2.70. The zero-order chi connectivity index (χ0) is 25.1. The van der Waals surface area contributed by atoms with E-state index in [4.69, 9.17) is 0 Å². The molecule has 1 aromatic heterocycles. The first-order valence-electron chi connectivity index (χ1n) is 10.1. The summed E-state index contributed by atoms with van der Waals surface area (Å²) in [7, 11) is -7.66. The first-order valence-corrected chi connectivity index (χ1v) is 13.5. The van der Waals surface area contributed by atoms with Crippen molar-refractivity contribution in [3.63, 3.8) is 0 Å². The Kier molecular flexibility index (Phi) is 7.22. The van der Waals surface area contributed by atoms with Crippen molar-refractivity contribution in [1.29, 1.82) is 0 Å². The summed E-state index contributed by atoms with van der Waals surface area (Å²) >= 11 is 0. The summed E-state index contributed by atoms with van der Waals surface area (Å²) in [6.07, 6.45) is 1.02. The summed E-state index contributed by atoms with van der Waals surface area (Å²) in [6.45, 7) is 4.84. The molecule has 1 heterocycles. The maximum Gasteiger partial charge on any atom is 0.264 e. The molecule has 2 N–H and O–H groups in total. The largest absolute Gasteiger partial charge is 0.325 e. The van der Waals surface area contributed by atoms with Crippen molar-refractivity contribution in [1.82, 2.24) is 9.97 Å². The number of anilines is 3. The number of aromatic nitrogens is 2. The first-order chi connectivity index (χ1) is 15.8. The van der Waals surface area contributed by atoms with E-state index >= 15 is 0 Å². The molecule has 180 valence electrons. The lowest BCUT2D eigenvalue weighted by Crippen LogP contribution is -2.37. The molecule has 12 heteroatoms. The van der Waals surface area contributed by atoms with Crippen molar-refractivity contribution in [3.8, 4) is 0 Å². The van der Waals surface area contributed by atoms with Crippen LogP contribution in [0.3, 0.4) is 0 Å². The normalized spacial score (nSPS) is 11.6. The minimum absolute atomic E-state index is 0.0353. The van der Waals surface area contributed by atoms with Crippen molar-refractivity contribution in [3.05, 3.63) is 71.5 Å². The topological polar surface area (TPSA) is 138 Å². The van der Waals surface area contributed by atoms with Crippen molar-refractivity contribution in [2.45, 2.75) is 25.7 Å². The maximum absolute atomic E-state index is 12.6. The van der Waals surface area contributed by atoms with Crippen LogP contribution in [0.25, 0.3) is 0 Å². The zero-order valence-electron chi connectivity index (χ0n) is 19.1. The summed E-state index contributed by atoms with van der Waals surface area (Å²) in [4.78, 5) is 20.6. The molecule has 0 aliphatic carbocycles. The second-order valence-corrected chi connectivity index (χ2v) is 11.4. The van der Waals surface area contributed by atoms with Gasteiger partial charge in [-0.05, 0) is 68.8 Å². The van der Waals surface area contributed by atoms with Gasteiger partial charge < -0.3 is 5.32 Å². The SMILES string of the molecule is Cc1cccc(N(CC(=O)Nc2ccc(S(=O)(=O)Nc3nc(C)cc(C)n3)cc2)S(C)(=O)=O)c1. The van der Waals surface area contributed by atoms with Crippen LogP contribution in [0.2, 0.25) is 0 Å². The number of amides is 1. The van der Waals surface area contributed by atoms with E-state index < -0.39 is 32.5 Å². The second kappa shape index (κ2) is 9.77. The Bertz CT molecular complexity index is 1400. The molecule has 0 fully saturated rings. The van der Waals surface area contributed by atoms with Crippen molar-refractivity contribution in [2.75, 3.05) is 27.1 Å². The number of nitrogens with zero attached hydrogens (tertiary/aromatic N) is 3. The van der Waals surface area contributed by atoms with Gasteiger partial charge in [0.1, 0.15) is 6.54 Å². The smallest absolute Gasteiger partial charge is 0.264 e. The number of hydrogen-bond donors (Lipinski definition) is 2. The van der Waals surface area contributed by atoms with Gasteiger partial charge in [-0.15, -0.1) is 0 Å². The van der Waals surface area contributed by atoms with Gasteiger partial charge in [0.25, 0.3) is 10.0 Å². The maximum atomic E-state index is 12.6. The van der Waals surface area contributed by atoms with Gasteiger partial charge in [0, 0.05) is 17.1 Å². The fourth-order valence-electron chi connectivity index (χ4n) is 3.18. The predicted molar refractivity (Wildman–Crippen MR) is 131 cm³/mol. The van der Waals surface area contributed by atoms with Gasteiger partial charge >= 0.3 is 0 Å². The number of sulfonamides is 2. The molecule has 1 amide bonds. The van der Waals surface area contributed by atoms with E-state index in [2.05, 4.69) is 20.0 Å². The van der Waals surface area contributed by atoms with Crippen LogP contribution in [0.1, 0.15) is 17.0 Å². The van der Waals surface area contributed by atoms with E-state index in [0.717, 1.165) is 16.1 Å². The van der Waals surface area contributed by atoms with E-state index in [-0.39, 0.29) is 10.8 Å². The molecule has 2 aromatic carbocycles. The van der Waals surface area contributed by atoms with Crippen LogP contribution < -0.4 is 14.3 Å². The molecule has 3 aromatic rings. The number of benzene rings is 2. The third-order valence-electron chi connectivity index (χ3n) is 4.63. The fourth-order valence-corrected chi connectivity index (χ4v) is 4.97.